The number of nitrogens with zero attached hydrogens (tertiary/aromatic N) is 2. The van der Waals surface area contributed by atoms with Gasteiger partial charge in [0.15, 0.2) is 0 Å². The largest absolute Gasteiger partial charge is 0.382 e. The smallest absolute Gasteiger partial charge is 0.249 e. The quantitative estimate of drug-likeness (QED) is 0.455. The molecule has 0 unspecified atom stereocenters. The molecule has 0 saturated heterocycles. The molecule has 0 atom stereocenters. The monoisotopic (exact) mass is 432 g/mol. The fourth-order valence-corrected chi connectivity index (χ4v) is 3.97. The van der Waals surface area contributed by atoms with E-state index in [9.17, 15) is 9.59 Å². The summed E-state index contributed by atoms with van der Waals surface area (Å²) in [6.45, 7) is 6.67. The highest BCUT2D eigenvalue weighted by Crippen LogP contribution is 2.19. The summed E-state index contributed by atoms with van der Waals surface area (Å²) in [5, 5.41) is 0. The summed E-state index contributed by atoms with van der Waals surface area (Å²) in [6.07, 6.45) is 0.680. The Morgan fingerprint density at radius 1 is 1.00 bits per heavy atom. The van der Waals surface area contributed by atoms with Gasteiger partial charge in [0.2, 0.25) is 11.8 Å². The lowest BCUT2D eigenvalue weighted by atomic mass is 10.2. The Hall–Kier alpha value is -2.22. The molecule has 1 aromatic carbocycles. The van der Waals surface area contributed by atoms with Gasteiger partial charge in [0, 0.05) is 43.2 Å². The van der Waals surface area contributed by atoms with E-state index >= 15 is 0 Å². The number of benzene rings is 1. The highest BCUT2D eigenvalue weighted by atomic mass is 32.1. The molecule has 0 aliphatic carbocycles. The van der Waals surface area contributed by atoms with Crippen LogP contribution in [0.25, 0.3) is 0 Å². The predicted octanol–water partition coefficient (Wildman–Crippen LogP) is 3.49. The maximum absolute atomic E-state index is 13.2. The molecule has 164 valence electrons. The first-order valence-corrected chi connectivity index (χ1v) is 11.1. The van der Waals surface area contributed by atoms with Crippen LogP contribution in [0.5, 0.6) is 0 Å². The van der Waals surface area contributed by atoms with Gasteiger partial charge in [-0.3, -0.25) is 9.59 Å². The van der Waals surface area contributed by atoms with Crippen LogP contribution in [-0.4, -0.2) is 61.6 Å². The van der Waals surface area contributed by atoms with Gasteiger partial charge in [0.25, 0.3) is 0 Å². The molecule has 1 heterocycles. The van der Waals surface area contributed by atoms with Gasteiger partial charge in [0.05, 0.1) is 13.1 Å². The molecule has 2 amide bonds. The first-order chi connectivity index (χ1) is 14.5. The van der Waals surface area contributed by atoms with Gasteiger partial charge < -0.3 is 19.3 Å². The zero-order valence-electron chi connectivity index (χ0n) is 18.1. The van der Waals surface area contributed by atoms with E-state index in [2.05, 4.69) is 19.1 Å². The van der Waals surface area contributed by atoms with Crippen LogP contribution in [0.15, 0.2) is 42.5 Å². The standard InChI is InChI=1S/C23H32N2O4S/c1-4-29-14-8-13-24(23(27)18-28-3)17-22(26)25(15-20-9-6-5-7-10-20)16-21-12-11-19(2)30-21/h5-7,9-12H,4,8,13-18H2,1-3H3. The Labute approximate surface area is 183 Å². The van der Waals surface area contributed by atoms with Crippen LogP contribution in [-0.2, 0) is 32.2 Å². The van der Waals surface area contributed by atoms with E-state index in [0.29, 0.717) is 39.3 Å². The highest BCUT2D eigenvalue weighted by Gasteiger charge is 2.22. The zero-order chi connectivity index (χ0) is 21.8. The van der Waals surface area contributed by atoms with Crippen molar-refractivity contribution in [2.45, 2.75) is 33.4 Å². The Balaban J connectivity index is 2.10. The Morgan fingerprint density at radius 3 is 2.40 bits per heavy atom. The van der Waals surface area contributed by atoms with Gasteiger partial charge in [-0.1, -0.05) is 30.3 Å². The lowest BCUT2D eigenvalue weighted by Crippen LogP contribution is -2.44. The summed E-state index contributed by atoms with van der Waals surface area (Å²) >= 11 is 1.69. The van der Waals surface area contributed by atoms with Crippen molar-refractivity contribution in [3.05, 3.63) is 57.8 Å². The van der Waals surface area contributed by atoms with Crippen LogP contribution in [0.2, 0.25) is 0 Å². The number of hydrogen-bond acceptors (Lipinski definition) is 5. The van der Waals surface area contributed by atoms with E-state index in [-0.39, 0.29) is 25.0 Å². The number of hydrogen-bond donors (Lipinski definition) is 0. The van der Waals surface area contributed by atoms with E-state index in [0.717, 1.165) is 10.4 Å². The summed E-state index contributed by atoms with van der Waals surface area (Å²) in [5.41, 5.74) is 1.06. The number of thiophene rings is 1. The lowest BCUT2D eigenvalue weighted by Gasteiger charge is -2.27. The van der Waals surface area contributed by atoms with Crippen molar-refractivity contribution >= 4 is 23.2 Å². The third-order valence-corrected chi connectivity index (χ3v) is 5.56. The molecular formula is C23H32N2O4S. The normalized spacial score (nSPS) is 10.8. The second-order valence-electron chi connectivity index (χ2n) is 7.05. The van der Waals surface area contributed by atoms with E-state index in [4.69, 9.17) is 9.47 Å². The summed E-state index contributed by atoms with van der Waals surface area (Å²) in [6, 6.07) is 14.0. The van der Waals surface area contributed by atoms with Crippen molar-refractivity contribution in [3.63, 3.8) is 0 Å². The predicted molar refractivity (Wildman–Crippen MR) is 119 cm³/mol. The molecule has 7 heteroatoms. The molecule has 0 aliphatic heterocycles. The van der Waals surface area contributed by atoms with Gasteiger partial charge in [-0.2, -0.15) is 0 Å². The van der Waals surface area contributed by atoms with Crippen LogP contribution in [0, 0.1) is 6.92 Å². The molecule has 2 rings (SSSR count). The van der Waals surface area contributed by atoms with Gasteiger partial charge in [-0.15, -0.1) is 11.3 Å². The molecule has 0 fully saturated rings. The van der Waals surface area contributed by atoms with Crippen molar-refractivity contribution < 1.29 is 19.1 Å². The Kier molecular flexibility index (Phi) is 10.5. The second-order valence-corrected chi connectivity index (χ2v) is 8.42. The van der Waals surface area contributed by atoms with Crippen LogP contribution in [0.4, 0.5) is 0 Å². The molecule has 0 spiro atoms. The third-order valence-electron chi connectivity index (χ3n) is 4.58. The average Bonchev–Trinajstić information content (AvgIpc) is 3.15. The third kappa shape index (κ3) is 8.26. The van der Waals surface area contributed by atoms with Gasteiger partial charge in [-0.25, -0.2) is 0 Å². The summed E-state index contributed by atoms with van der Waals surface area (Å²) in [4.78, 5) is 31.4. The first-order valence-electron chi connectivity index (χ1n) is 10.2. The summed E-state index contributed by atoms with van der Waals surface area (Å²) < 4.78 is 10.4. The Bertz CT molecular complexity index is 779. The molecule has 30 heavy (non-hydrogen) atoms. The number of carbonyl (C=O) groups is 2. The summed E-state index contributed by atoms with van der Waals surface area (Å²) in [5.74, 6) is -0.264. The molecule has 6 nitrogen and oxygen atoms in total. The van der Waals surface area contributed by atoms with Gasteiger partial charge >= 0.3 is 0 Å². The fraction of sp³-hybridized carbons (Fsp3) is 0.478. The SMILES string of the molecule is CCOCCCN(CC(=O)N(Cc1ccccc1)Cc1ccc(C)s1)C(=O)COC. The topological polar surface area (TPSA) is 59.1 Å². The van der Waals surface area contributed by atoms with Crippen LogP contribution >= 0.6 is 11.3 Å². The second kappa shape index (κ2) is 13.2. The van der Waals surface area contributed by atoms with Crippen molar-refractivity contribution in [3.8, 4) is 0 Å². The van der Waals surface area contributed by atoms with Crippen molar-refractivity contribution in [2.75, 3.05) is 40.0 Å². The summed E-state index contributed by atoms with van der Waals surface area (Å²) in [7, 11) is 1.49. The molecule has 0 radical (unpaired) electrons. The van der Waals surface area contributed by atoms with E-state index < -0.39 is 0 Å². The van der Waals surface area contributed by atoms with Crippen LogP contribution < -0.4 is 0 Å². The van der Waals surface area contributed by atoms with Gasteiger partial charge in [0.1, 0.15) is 6.61 Å². The minimum atomic E-state index is -0.186. The molecule has 2 aromatic rings. The zero-order valence-corrected chi connectivity index (χ0v) is 19.0. The lowest BCUT2D eigenvalue weighted by molar-refractivity contribution is -0.143. The molecule has 0 aliphatic rings. The Morgan fingerprint density at radius 2 is 1.77 bits per heavy atom. The minimum Gasteiger partial charge on any atom is -0.382 e. The first kappa shape index (κ1) is 24.1. The van der Waals surface area contributed by atoms with Crippen molar-refractivity contribution in [1.82, 2.24) is 9.80 Å². The van der Waals surface area contributed by atoms with Crippen LogP contribution in [0.3, 0.4) is 0 Å². The number of methoxy groups -OCH3 is 1. The highest BCUT2D eigenvalue weighted by molar-refractivity contribution is 7.11. The number of carbonyl (C=O) groups excluding carboxylic acids is 2. The number of ether oxygens (including phenoxy) is 2. The van der Waals surface area contributed by atoms with E-state index in [1.54, 1.807) is 16.2 Å². The number of amides is 2. The fourth-order valence-electron chi connectivity index (χ4n) is 3.07. The molecular weight excluding hydrogens is 400 g/mol. The average molecular weight is 433 g/mol. The maximum atomic E-state index is 13.2. The van der Waals surface area contributed by atoms with Crippen LogP contribution in [0.1, 0.15) is 28.7 Å². The molecule has 0 bridgehead atoms. The van der Waals surface area contributed by atoms with E-state index in [1.165, 1.54) is 12.0 Å². The van der Waals surface area contributed by atoms with Crippen molar-refractivity contribution in [1.29, 1.82) is 0 Å². The van der Waals surface area contributed by atoms with Gasteiger partial charge in [-0.05, 0) is 38.0 Å². The number of aryl methyl sites for hydroxylation is 1. The minimum absolute atomic E-state index is 0.0332. The molecule has 0 N–H and O–H groups in total. The number of rotatable bonds is 13. The molecule has 0 saturated carbocycles. The van der Waals surface area contributed by atoms with E-state index in [1.807, 2.05) is 42.2 Å². The van der Waals surface area contributed by atoms with Crippen molar-refractivity contribution in [2.24, 2.45) is 0 Å². The molecule has 1 aromatic heterocycles. The maximum Gasteiger partial charge on any atom is 0.249 e.